The van der Waals surface area contributed by atoms with E-state index in [2.05, 4.69) is 5.32 Å². The zero-order valence-corrected chi connectivity index (χ0v) is 20.8. The van der Waals surface area contributed by atoms with E-state index >= 15 is 0 Å². The van der Waals surface area contributed by atoms with Gasteiger partial charge in [-0.25, -0.2) is 8.42 Å². The van der Waals surface area contributed by atoms with Crippen molar-refractivity contribution in [3.05, 3.63) is 83.4 Å². The van der Waals surface area contributed by atoms with Gasteiger partial charge in [-0.1, -0.05) is 47.5 Å². The van der Waals surface area contributed by atoms with Crippen LogP contribution in [0.2, 0.25) is 0 Å². The number of methoxy groups -OCH3 is 2. The van der Waals surface area contributed by atoms with Crippen molar-refractivity contribution in [2.45, 2.75) is 31.7 Å². The zero-order valence-electron chi connectivity index (χ0n) is 20.0. The van der Waals surface area contributed by atoms with Gasteiger partial charge in [-0.3, -0.25) is 9.10 Å². The average Bonchev–Trinajstić information content (AvgIpc) is 2.82. The molecule has 0 saturated heterocycles. The molecule has 8 heteroatoms. The summed E-state index contributed by atoms with van der Waals surface area (Å²) >= 11 is 0. The Balaban J connectivity index is 1.99. The maximum absolute atomic E-state index is 13.7. The van der Waals surface area contributed by atoms with Gasteiger partial charge in [-0.05, 0) is 50.6 Å². The molecule has 34 heavy (non-hydrogen) atoms. The summed E-state index contributed by atoms with van der Waals surface area (Å²) in [5.41, 5.74) is 3.17. The first-order valence-corrected chi connectivity index (χ1v) is 12.3. The summed E-state index contributed by atoms with van der Waals surface area (Å²) in [6.07, 6.45) is 0. The number of rotatable bonds is 9. The Morgan fingerprint density at radius 1 is 0.912 bits per heavy atom. The van der Waals surface area contributed by atoms with Gasteiger partial charge in [-0.15, -0.1) is 0 Å². The number of aryl methyl sites for hydroxylation is 2. The van der Waals surface area contributed by atoms with E-state index in [9.17, 15) is 13.2 Å². The van der Waals surface area contributed by atoms with Crippen molar-refractivity contribution in [1.82, 2.24) is 5.32 Å². The monoisotopic (exact) mass is 482 g/mol. The number of ether oxygens (including phenoxy) is 2. The van der Waals surface area contributed by atoms with Gasteiger partial charge in [0, 0.05) is 6.07 Å². The fourth-order valence-corrected chi connectivity index (χ4v) is 4.91. The first-order valence-electron chi connectivity index (χ1n) is 10.8. The highest BCUT2D eigenvalue weighted by Gasteiger charge is 2.30. The minimum absolute atomic E-state index is 0.0716. The van der Waals surface area contributed by atoms with E-state index in [1.54, 1.807) is 30.3 Å². The van der Waals surface area contributed by atoms with Crippen LogP contribution >= 0.6 is 0 Å². The Morgan fingerprint density at radius 2 is 1.50 bits per heavy atom. The minimum atomic E-state index is -4.09. The molecule has 3 aromatic carbocycles. The van der Waals surface area contributed by atoms with Crippen molar-refractivity contribution in [3.8, 4) is 11.5 Å². The fraction of sp³-hybridized carbons (Fsp3) is 0.269. The molecule has 1 atom stereocenters. The number of sulfonamides is 1. The lowest BCUT2D eigenvalue weighted by Crippen LogP contribution is -2.41. The number of nitrogens with one attached hydrogen (secondary N) is 1. The first kappa shape index (κ1) is 25.1. The SMILES string of the molecule is COc1ccc(OC)c(N(CC(=O)N[C@@H](C)c2ccc(C)cc2)S(=O)(=O)c2ccc(C)cc2)c1. The molecule has 1 amide bonds. The van der Waals surface area contributed by atoms with E-state index < -0.39 is 22.5 Å². The number of benzene rings is 3. The van der Waals surface area contributed by atoms with E-state index in [0.29, 0.717) is 11.5 Å². The van der Waals surface area contributed by atoms with E-state index in [4.69, 9.17) is 9.47 Å². The van der Waals surface area contributed by atoms with Crippen LogP contribution < -0.4 is 19.1 Å². The molecule has 3 aromatic rings. The van der Waals surface area contributed by atoms with Gasteiger partial charge in [-0.2, -0.15) is 0 Å². The van der Waals surface area contributed by atoms with Crippen molar-refractivity contribution in [2.75, 3.05) is 25.1 Å². The quantitative estimate of drug-likeness (QED) is 0.489. The molecule has 0 unspecified atom stereocenters. The summed E-state index contributed by atoms with van der Waals surface area (Å²) in [6.45, 7) is 5.28. The summed E-state index contributed by atoms with van der Waals surface area (Å²) < 4.78 is 39.2. The second-order valence-electron chi connectivity index (χ2n) is 8.06. The summed E-state index contributed by atoms with van der Waals surface area (Å²) in [5.74, 6) is 0.290. The largest absolute Gasteiger partial charge is 0.497 e. The highest BCUT2D eigenvalue weighted by atomic mass is 32.2. The van der Waals surface area contributed by atoms with Crippen molar-refractivity contribution in [3.63, 3.8) is 0 Å². The standard InChI is InChI=1S/C26H30N2O5S/c1-18-6-10-21(11-7-18)20(3)27-26(29)17-28(24-16-22(32-4)12-15-25(24)33-5)34(30,31)23-13-8-19(2)9-14-23/h6-16,20H,17H2,1-5H3,(H,27,29)/t20-/m0/s1. The van der Waals surface area contributed by atoms with E-state index in [1.807, 2.05) is 45.0 Å². The van der Waals surface area contributed by atoms with Crippen LogP contribution in [0, 0.1) is 13.8 Å². The highest BCUT2D eigenvalue weighted by molar-refractivity contribution is 7.92. The first-order chi connectivity index (χ1) is 16.1. The number of hydrogen-bond acceptors (Lipinski definition) is 5. The van der Waals surface area contributed by atoms with Gasteiger partial charge in [0.2, 0.25) is 5.91 Å². The van der Waals surface area contributed by atoms with E-state index in [0.717, 1.165) is 21.0 Å². The molecule has 0 spiro atoms. The smallest absolute Gasteiger partial charge is 0.264 e. The third-order valence-electron chi connectivity index (χ3n) is 5.51. The van der Waals surface area contributed by atoms with Crippen molar-refractivity contribution in [2.24, 2.45) is 0 Å². The average molecular weight is 483 g/mol. The van der Waals surface area contributed by atoms with Crippen LogP contribution in [0.4, 0.5) is 5.69 Å². The Labute approximate surface area is 201 Å². The summed E-state index contributed by atoms with van der Waals surface area (Å²) in [5, 5.41) is 2.90. The van der Waals surface area contributed by atoms with Crippen molar-refractivity contribution >= 4 is 21.6 Å². The van der Waals surface area contributed by atoms with Crippen LogP contribution in [0.5, 0.6) is 11.5 Å². The second-order valence-corrected chi connectivity index (χ2v) is 9.92. The molecule has 0 bridgehead atoms. The van der Waals surface area contributed by atoms with Crippen LogP contribution in [0.25, 0.3) is 0 Å². The Hall–Kier alpha value is -3.52. The maximum atomic E-state index is 13.7. The zero-order chi connectivity index (χ0) is 24.9. The molecule has 7 nitrogen and oxygen atoms in total. The van der Waals surface area contributed by atoms with Gasteiger partial charge in [0.15, 0.2) is 0 Å². The molecule has 0 aliphatic carbocycles. The lowest BCUT2D eigenvalue weighted by molar-refractivity contribution is -0.120. The molecule has 0 fully saturated rings. The van der Waals surface area contributed by atoms with E-state index in [-0.39, 0.29) is 16.6 Å². The molecule has 1 N–H and O–H groups in total. The molecule has 0 aliphatic heterocycles. The van der Waals surface area contributed by atoms with Crippen LogP contribution in [-0.2, 0) is 14.8 Å². The van der Waals surface area contributed by atoms with Crippen LogP contribution in [0.15, 0.2) is 71.6 Å². The minimum Gasteiger partial charge on any atom is -0.497 e. The predicted molar refractivity (Wildman–Crippen MR) is 133 cm³/mol. The lowest BCUT2D eigenvalue weighted by atomic mass is 10.1. The maximum Gasteiger partial charge on any atom is 0.264 e. The van der Waals surface area contributed by atoms with Gasteiger partial charge in [0.05, 0.1) is 30.8 Å². The topological polar surface area (TPSA) is 84.9 Å². The molecule has 0 saturated carbocycles. The number of hydrogen-bond donors (Lipinski definition) is 1. The normalized spacial score (nSPS) is 12.0. The lowest BCUT2D eigenvalue weighted by Gasteiger charge is -2.27. The molecular weight excluding hydrogens is 452 g/mol. The predicted octanol–water partition coefficient (Wildman–Crippen LogP) is 4.39. The number of anilines is 1. The third-order valence-corrected chi connectivity index (χ3v) is 7.28. The number of nitrogens with zero attached hydrogens (tertiary/aromatic N) is 1. The number of amides is 1. The molecule has 180 valence electrons. The molecule has 3 rings (SSSR count). The second kappa shape index (κ2) is 10.6. The van der Waals surface area contributed by atoms with Crippen molar-refractivity contribution in [1.29, 1.82) is 0 Å². The molecule has 0 aliphatic rings. The van der Waals surface area contributed by atoms with Gasteiger partial charge < -0.3 is 14.8 Å². The molecular formula is C26H30N2O5S. The summed E-state index contributed by atoms with van der Waals surface area (Å²) in [4.78, 5) is 13.1. The van der Waals surface area contributed by atoms with Gasteiger partial charge >= 0.3 is 0 Å². The molecule has 0 radical (unpaired) electrons. The Bertz CT molecular complexity index is 1240. The number of carbonyl (C=O) groups excluding carboxylic acids is 1. The van der Waals surface area contributed by atoms with E-state index in [1.165, 1.54) is 26.4 Å². The summed E-state index contributed by atoms with van der Waals surface area (Å²) in [7, 11) is -1.16. The fourth-order valence-electron chi connectivity index (χ4n) is 3.48. The van der Waals surface area contributed by atoms with Crippen molar-refractivity contribution < 1.29 is 22.7 Å². The van der Waals surface area contributed by atoms with Crippen LogP contribution in [0.3, 0.4) is 0 Å². The van der Waals surface area contributed by atoms with Crippen LogP contribution in [-0.4, -0.2) is 35.1 Å². The Morgan fingerprint density at radius 3 is 2.06 bits per heavy atom. The van der Waals surface area contributed by atoms with Crippen LogP contribution in [0.1, 0.15) is 29.7 Å². The summed E-state index contributed by atoms with van der Waals surface area (Å²) in [6, 6.07) is 18.8. The molecule has 0 aromatic heterocycles. The van der Waals surface area contributed by atoms with Gasteiger partial charge in [0.25, 0.3) is 10.0 Å². The Kier molecular flexibility index (Phi) is 7.83. The van der Waals surface area contributed by atoms with Gasteiger partial charge in [0.1, 0.15) is 18.0 Å². The number of carbonyl (C=O) groups is 1. The third kappa shape index (κ3) is 5.69. The molecule has 0 heterocycles. The highest BCUT2D eigenvalue weighted by Crippen LogP contribution is 2.35.